The van der Waals surface area contributed by atoms with Crippen LogP contribution in [0.2, 0.25) is 0 Å². The van der Waals surface area contributed by atoms with Crippen LogP contribution in [0, 0.1) is 0 Å². The minimum atomic E-state index is -0.542. The zero-order valence-corrected chi connectivity index (χ0v) is 16.3. The number of nitrogens with one attached hydrogen (secondary N) is 2. The molecule has 0 saturated heterocycles. The van der Waals surface area contributed by atoms with Crippen molar-refractivity contribution < 1.29 is 14.6 Å². The molecule has 3 N–H and O–H groups in total. The van der Waals surface area contributed by atoms with Gasteiger partial charge >= 0.3 is 0 Å². The van der Waals surface area contributed by atoms with E-state index in [2.05, 4.69) is 25.8 Å². The Labute approximate surface area is 169 Å². The maximum absolute atomic E-state index is 12.4. The number of hydrogen-bond acceptors (Lipinski definition) is 7. The Hall–Kier alpha value is -3.36. The molecule has 150 valence electrons. The molecule has 29 heavy (non-hydrogen) atoms. The van der Waals surface area contributed by atoms with E-state index in [4.69, 9.17) is 4.74 Å². The van der Waals surface area contributed by atoms with Gasteiger partial charge in [0.2, 0.25) is 5.88 Å². The second-order valence-electron chi connectivity index (χ2n) is 6.34. The summed E-state index contributed by atoms with van der Waals surface area (Å²) in [5.41, 5.74) is 8.69. The molecule has 0 spiro atoms. The van der Waals surface area contributed by atoms with Crippen molar-refractivity contribution in [3.63, 3.8) is 0 Å². The van der Waals surface area contributed by atoms with Crippen molar-refractivity contribution in [3.8, 4) is 17.1 Å². The van der Waals surface area contributed by atoms with Crippen LogP contribution in [0.4, 0.5) is 0 Å². The van der Waals surface area contributed by atoms with Crippen LogP contribution in [0.25, 0.3) is 11.3 Å². The van der Waals surface area contributed by atoms with Gasteiger partial charge in [-0.15, -0.1) is 0 Å². The molecule has 3 rings (SSSR count). The number of carbonyl (C=O) groups is 1. The second kappa shape index (κ2) is 9.72. The lowest BCUT2D eigenvalue weighted by Gasteiger charge is -2.10. The van der Waals surface area contributed by atoms with E-state index in [0.29, 0.717) is 24.7 Å². The van der Waals surface area contributed by atoms with E-state index >= 15 is 0 Å². The molecule has 0 fully saturated rings. The SMILES string of the molecule is CCOc1ccc(-c2cncc(C(=O)NNCc3cccc(C(C)O)c3)n2)cn1. The first kappa shape index (κ1) is 20.4. The molecule has 8 nitrogen and oxygen atoms in total. The molecular weight excluding hydrogens is 370 g/mol. The van der Waals surface area contributed by atoms with Crippen LogP contribution < -0.4 is 15.6 Å². The zero-order valence-electron chi connectivity index (χ0n) is 16.3. The number of aliphatic hydroxyl groups excluding tert-OH is 1. The van der Waals surface area contributed by atoms with Crippen LogP contribution in [-0.2, 0) is 6.54 Å². The highest BCUT2D eigenvalue weighted by Crippen LogP contribution is 2.18. The monoisotopic (exact) mass is 393 g/mol. The Morgan fingerprint density at radius 3 is 2.79 bits per heavy atom. The third kappa shape index (κ3) is 5.56. The van der Waals surface area contributed by atoms with E-state index in [-0.39, 0.29) is 5.69 Å². The molecule has 0 aliphatic heterocycles. The first-order valence-corrected chi connectivity index (χ1v) is 9.28. The molecule has 1 atom stereocenters. The number of aromatic nitrogens is 3. The van der Waals surface area contributed by atoms with Gasteiger partial charge in [-0.05, 0) is 31.0 Å². The predicted molar refractivity (Wildman–Crippen MR) is 108 cm³/mol. The number of rotatable bonds is 8. The van der Waals surface area contributed by atoms with Crippen LogP contribution in [0.5, 0.6) is 5.88 Å². The van der Waals surface area contributed by atoms with E-state index in [1.165, 1.54) is 6.20 Å². The molecule has 1 amide bonds. The molecule has 0 bridgehead atoms. The summed E-state index contributed by atoms with van der Waals surface area (Å²) >= 11 is 0. The van der Waals surface area contributed by atoms with Gasteiger partial charge < -0.3 is 9.84 Å². The maximum atomic E-state index is 12.4. The molecule has 3 aromatic rings. The predicted octanol–water partition coefficient (Wildman–Crippen LogP) is 2.43. The normalized spacial score (nSPS) is 11.7. The minimum absolute atomic E-state index is 0.182. The van der Waals surface area contributed by atoms with Crippen molar-refractivity contribution >= 4 is 5.91 Å². The Morgan fingerprint density at radius 2 is 2.07 bits per heavy atom. The molecule has 0 radical (unpaired) electrons. The van der Waals surface area contributed by atoms with Crippen molar-refractivity contribution in [1.82, 2.24) is 25.8 Å². The number of aliphatic hydroxyl groups is 1. The van der Waals surface area contributed by atoms with Crippen LogP contribution >= 0.6 is 0 Å². The quantitative estimate of drug-likeness (QED) is 0.504. The van der Waals surface area contributed by atoms with Crippen LogP contribution in [0.15, 0.2) is 55.0 Å². The van der Waals surface area contributed by atoms with Crippen molar-refractivity contribution in [3.05, 3.63) is 71.8 Å². The average molecular weight is 393 g/mol. The van der Waals surface area contributed by atoms with Gasteiger partial charge in [-0.2, -0.15) is 0 Å². The topological polar surface area (TPSA) is 109 Å². The molecule has 1 unspecified atom stereocenters. The van der Waals surface area contributed by atoms with E-state index in [1.807, 2.05) is 37.3 Å². The lowest BCUT2D eigenvalue weighted by molar-refractivity contribution is 0.0926. The summed E-state index contributed by atoms with van der Waals surface area (Å²) in [6.45, 7) is 4.54. The average Bonchev–Trinajstić information content (AvgIpc) is 2.75. The lowest BCUT2D eigenvalue weighted by Crippen LogP contribution is -2.37. The summed E-state index contributed by atoms with van der Waals surface area (Å²) in [5, 5.41) is 9.66. The highest BCUT2D eigenvalue weighted by Gasteiger charge is 2.10. The van der Waals surface area contributed by atoms with Gasteiger partial charge in [-0.25, -0.2) is 15.4 Å². The Balaban J connectivity index is 1.61. The molecule has 8 heteroatoms. The number of pyridine rings is 1. The largest absolute Gasteiger partial charge is 0.478 e. The molecule has 0 aliphatic rings. The number of hydrogen-bond donors (Lipinski definition) is 3. The first-order valence-electron chi connectivity index (χ1n) is 9.28. The lowest BCUT2D eigenvalue weighted by atomic mass is 10.1. The number of benzene rings is 1. The molecule has 2 aromatic heterocycles. The second-order valence-corrected chi connectivity index (χ2v) is 6.34. The zero-order chi connectivity index (χ0) is 20.6. The number of amides is 1. The summed E-state index contributed by atoms with van der Waals surface area (Å²) in [5.74, 6) is 0.131. The smallest absolute Gasteiger partial charge is 0.285 e. The number of hydrazine groups is 1. The highest BCUT2D eigenvalue weighted by molar-refractivity contribution is 5.92. The Bertz CT molecular complexity index is 961. The van der Waals surface area contributed by atoms with Gasteiger partial charge in [0, 0.05) is 24.4 Å². The van der Waals surface area contributed by atoms with Crippen LogP contribution in [-0.4, -0.2) is 32.6 Å². The summed E-state index contributed by atoms with van der Waals surface area (Å²) in [6.07, 6.45) is 4.06. The van der Waals surface area contributed by atoms with Gasteiger partial charge in [-0.1, -0.05) is 24.3 Å². The fraction of sp³-hybridized carbons (Fsp3) is 0.238. The van der Waals surface area contributed by atoms with E-state index < -0.39 is 12.0 Å². The van der Waals surface area contributed by atoms with Crippen molar-refractivity contribution in [1.29, 1.82) is 0 Å². The summed E-state index contributed by atoms with van der Waals surface area (Å²) in [4.78, 5) is 25.0. The van der Waals surface area contributed by atoms with E-state index in [0.717, 1.165) is 16.7 Å². The molecular formula is C21H23N5O3. The standard InChI is InChI=1S/C21H23N5O3/c1-3-29-20-8-7-17(11-23-20)18-12-22-13-19(25-18)21(28)26-24-10-15-5-4-6-16(9-15)14(2)27/h4-9,11-14,24,27H,3,10H2,1-2H3,(H,26,28). The van der Waals surface area contributed by atoms with E-state index in [9.17, 15) is 9.90 Å². The molecule has 0 aliphatic carbocycles. The number of carbonyl (C=O) groups excluding carboxylic acids is 1. The highest BCUT2D eigenvalue weighted by atomic mass is 16.5. The van der Waals surface area contributed by atoms with Gasteiger partial charge in [0.1, 0.15) is 5.69 Å². The fourth-order valence-electron chi connectivity index (χ4n) is 2.63. The number of nitrogens with zero attached hydrogens (tertiary/aromatic N) is 3. The summed E-state index contributed by atoms with van der Waals surface area (Å²) in [7, 11) is 0. The summed E-state index contributed by atoms with van der Waals surface area (Å²) < 4.78 is 5.33. The molecule has 1 aromatic carbocycles. The minimum Gasteiger partial charge on any atom is -0.478 e. The van der Waals surface area contributed by atoms with Gasteiger partial charge in [0.15, 0.2) is 0 Å². The van der Waals surface area contributed by atoms with Crippen LogP contribution in [0.1, 0.15) is 41.6 Å². The van der Waals surface area contributed by atoms with Gasteiger partial charge in [0.25, 0.3) is 5.91 Å². The molecule has 2 heterocycles. The van der Waals surface area contributed by atoms with Crippen molar-refractivity contribution in [2.75, 3.05) is 6.61 Å². The fourth-order valence-corrected chi connectivity index (χ4v) is 2.63. The van der Waals surface area contributed by atoms with Crippen molar-refractivity contribution in [2.24, 2.45) is 0 Å². The van der Waals surface area contributed by atoms with Gasteiger partial charge in [-0.3, -0.25) is 15.2 Å². The third-order valence-corrected chi connectivity index (χ3v) is 4.12. The molecule has 0 saturated carbocycles. The maximum Gasteiger partial charge on any atom is 0.285 e. The van der Waals surface area contributed by atoms with Gasteiger partial charge in [0.05, 0.1) is 30.8 Å². The number of ether oxygens (including phenoxy) is 1. The first-order chi connectivity index (χ1) is 14.1. The van der Waals surface area contributed by atoms with Crippen molar-refractivity contribution in [2.45, 2.75) is 26.5 Å². The Kier molecular flexibility index (Phi) is 6.83. The van der Waals surface area contributed by atoms with Crippen LogP contribution in [0.3, 0.4) is 0 Å². The summed E-state index contributed by atoms with van der Waals surface area (Å²) in [6, 6.07) is 11.1. The Morgan fingerprint density at radius 1 is 1.21 bits per heavy atom. The van der Waals surface area contributed by atoms with E-state index in [1.54, 1.807) is 25.4 Å². The third-order valence-electron chi connectivity index (χ3n) is 4.12.